The third-order valence-corrected chi connectivity index (χ3v) is 3.04. The van der Waals surface area contributed by atoms with Crippen LogP contribution in [0.1, 0.15) is 25.3 Å². The SMILES string of the molecule is CCC(CCO)NCC(O)COc1cccc(C)c1. The molecule has 4 heteroatoms. The molecule has 1 rings (SSSR count). The van der Waals surface area contributed by atoms with Crippen molar-refractivity contribution in [2.24, 2.45) is 0 Å². The molecule has 0 aliphatic carbocycles. The Hall–Kier alpha value is -1.10. The molecular weight excluding hydrogens is 242 g/mol. The van der Waals surface area contributed by atoms with E-state index in [-0.39, 0.29) is 19.3 Å². The summed E-state index contributed by atoms with van der Waals surface area (Å²) in [4.78, 5) is 0. The van der Waals surface area contributed by atoms with Crippen LogP contribution in [0.15, 0.2) is 24.3 Å². The molecule has 0 aliphatic heterocycles. The molecule has 0 saturated heterocycles. The van der Waals surface area contributed by atoms with Crippen LogP contribution >= 0.6 is 0 Å². The van der Waals surface area contributed by atoms with Gasteiger partial charge in [-0.1, -0.05) is 19.1 Å². The zero-order valence-corrected chi connectivity index (χ0v) is 11.8. The highest BCUT2D eigenvalue weighted by atomic mass is 16.5. The van der Waals surface area contributed by atoms with Crippen molar-refractivity contribution in [3.63, 3.8) is 0 Å². The molecular formula is C15H25NO3. The smallest absolute Gasteiger partial charge is 0.119 e. The third kappa shape index (κ3) is 6.57. The second-order valence-electron chi connectivity index (χ2n) is 4.81. The third-order valence-electron chi connectivity index (χ3n) is 3.04. The summed E-state index contributed by atoms with van der Waals surface area (Å²) >= 11 is 0. The van der Waals surface area contributed by atoms with E-state index in [9.17, 15) is 5.11 Å². The first-order valence-corrected chi connectivity index (χ1v) is 6.87. The van der Waals surface area contributed by atoms with E-state index in [1.54, 1.807) is 0 Å². The normalized spacial score (nSPS) is 14.1. The van der Waals surface area contributed by atoms with Crippen molar-refractivity contribution in [2.75, 3.05) is 19.8 Å². The minimum atomic E-state index is -0.548. The van der Waals surface area contributed by atoms with E-state index in [1.807, 2.05) is 31.2 Å². The molecule has 2 unspecified atom stereocenters. The molecule has 108 valence electrons. The Morgan fingerprint density at radius 3 is 2.79 bits per heavy atom. The summed E-state index contributed by atoms with van der Waals surface area (Å²) in [6.45, 7) is 4.98. The number of hydrogen-bond donors (Lipinski definition) is 3. The number of nitrogens with one attached hydrogen (secondary N) is 1. The topological polar surface area (TPSA) is 61.7 Å². The molecule has 3 N–H and O–H groups in total. The molecule has 0 fully saturated rings. The molecule has 0 aliphatic rings. The van der Waals surface area contributed by atoms with Gasteiger partial charge in [-0.3, -0.25) is 0 Å². The summed E-state index contributed by atoms with van der Waals surface area (Å²) < 4.78 is 5.54. The van der Waals surface area contributed by atoms with Gasteiger partial charge < -0.3 is 20.3 Å². The lowest BCUT2D eigenvalue weighted by Gasteiger charge is -2.19. The molecule has 2 atom stereocenters. The first-order valence-electron chi connectivity index (χ1n) is 6.87. The molecule has 4 nitrogen and oxygen atoms in total. The Labute approximate surface area is 115 Å². The van der Waals surface area contributed by atoms with Crippen molar-refractivity contribution >= 4 is 0 Å². The van der Waals surface area contributed by atoms with Crippen LogP contribution < -0.4 is 10.1 Å². The molecule has 0 bridgehead atoms. The number of aryl methyl sites for hydroxylation is 1. The molecule has 19 heavy (non-hydrogen) atoms. The lowest BCUT2D eigenvalue weighted by molar-refractivity contribution is 0.102. The number of rotatable bonds is 9. The standard InChI is InChI=1S/C15H25NO3/c1-3-13(7-8-17)16-10-14(18)11-19-15-6-4-5-12(2)9-15/h4-6,9,13-14,16-18H,3,7-8,10-11H2,1-2H3. The van der Waals surface area contributed by atoms with Crippen molar-refractivity contribution in [1.29, 1.82) is 0 Å². The maximum absolute atomic E-state index is 9.84. The van der Waals surface area contributed by atoms with Gasteiger partial charge in [-0.05, 0) is 37.5 Å². The number of benzene rings is 1. The predicted molar refractivity (Wildman–Crippen MR) is 76.5 cm³/mol. The zero-order chi connectivity index (χ0) is 14.1. The van der Waals surface area contributed by atoms with Crippen molar-refractivity contribution in [3.05, 3.63) is 29.8 Å². The van der Waals surface area contributed by atoms with Crippen LogP contribution in [0.4, 0.5) is 0 Å². The molecule has 1 aromatic carbocycles. The molecule has 0 radical (unpaired) electrons. The minimum Gasteiger partial charge on any atom is -0.491 e. The Morgan fingerprint density at radius 1 is 1.37 bits per heavy atom. The van der Waals surface area contributed by atoms with Crippen LogP contribution in [0.25, 0.3) is 0 Å². The van der Waals surface area contributed by atoms with E-state index in [1.165, 1.54) is 0 Å². The Balaban J connectivity index is 2.25. The van der Waals surface area contributed by atoms with Gasteiger partial charge >= 0.3 is 0 Å². The van der Waals surface area contributed by atoms with E-state index in [0.29, 0.717) is 13.0 Å². The summed E-state index contributed by atoms with van der Waals surface area (Å²) in [6.07, 6.45) is 1.10. The minimum absolute atomic E-state index is 0.168. The van der Waals surface area contributed by atoms with Crippen LogP contribution in [-0.2, 0) is 0 Å². The lowest BCUT2D eigenvalue weighted by Crippen LogP contribution is -2.38. The molecule has 0 spiro atoms. The van der Waals surface area contributed by atoms with Crippen LogP contribution in [0.3, 0.4) is 0 Å². The molecule has 0 aromatic heterocycles. The number of aliphatic hydroxyl groups is 2. The first kappa shape index (κ1) is 16.0. The van der Waals surface area contributed by atoms with Crippen LogP contribution in [-0.4, -0.2) is 42.1 Å². The maximum Gasteiger partial charge on any atom is 0.119 e. The zero-order valence-electron chi connectivity index (χ0n) is 11.8. The average molecular weight is 267 g/mol. The van der Waals surface area contributed by atoms with Gasteiger partial charge in [0.05, 0.1) is 0 Å². The van der Waals surface area contributed by atoms with Gasteiger partial charge in [0, 0.05) is 19.2 Å². The number of ether oxygens (including phenoxy) is 1. The van der Waals surface area contributed by atoms with Gasteiger partial charge in [0.15, 0.2) is 0 Å². The van der Waals surface area contributed by atoms with Gasteiger partial charge in [0.25, 0.3) is 0 Å². The largest absolute Gasteiger partial charge is 0.491 e. The van der Waals surface area contributed by atoms with Gasteiger partial charge in [0.2, 0.25) is 0 Å². The van der Waals surface area contributed by atoms with Gasteiger partial charge in [-0.2, -0.15) is 0 Å². The Bertz CT molecular complexity index is 357. The second-order valence-corrected chi connectivity index (χ2v) is 4.81. The highest BCUT2D eigenvalue weighted by Crippen LogP contribution is 2.12. The monoisotopic (exact) mass is 267 g/mol. The fraction of sp³-hybridized carbons (Fsp3) is 0.600. The van der Waals surface area contributed by atoms with Gasteiger partial charge in [-0.25, -0.2) is 0 Å². The van der Waals surface area contributed by atoms with Crippen LogP contribution in [0.2, 0.25) is 0 Å². The van der Waals surface area contributed by atoms with Crippen molar-refractivity contribution in [1.82, 2.24) is 5.32 Å². The second kappa shape index (κ2) is 8.91. The number of hydrogen-bond acceptors (Lipinski definition) is 4. The summed E-state index contributed by atoms with van der Waals surface area (Å²) in [5, 5.41) is 22.0. The van der Waals surface area contributed by atoms with Gasteiger partial charge in [0.1, 0.15) is 18.5 Å². The fourth-order valence-corrected chi connectivity index (χ4v) is 1.87. The van der Waals surface area contributed by atoms with E-state index < -0.39 is 6.10 Å². The highest BCUT2D eigenvalue weighted by Gasteiger charge is 2.09. The van der Waals surface area contributed by atoms with E-state index >= 15 is 0 Å². The summed E-state index contributed by atoms with van der Waals surface area (Å²) in [5.74, 6) is 0.779. The van der Waals surface area contributed by atoms with Crippen molar-refractivity contribution < 1.29 is 14.9 Å². The molecule has 0 saturated carbocycles. The van der Waals surface area contributed by atoms with E-state index in [2.05, 4.69) is 12.2 Å². The first-order chi connectivity index (χ1) is 9.15. The fourth-order valence-electron chi connectivity index (χ4n) is 1.87. The summed E-state index contributed by atoms with van der Waals surface area (Å²) in [5.41, 5.74) is 1.14. The van der Waals surface area contributed by atoms with E-state index in [4.69, 9.17) is 9.84 Å². The molecule has 0 heterocycles. The van der Waals surface area contributed by atoms with Crippen LogP contribution in [0, 0.1) is 6.92 Å². The molecule has 1 aromatic rings. The summed E-state index contributed by atoms with van der Waals surface area (Å²) in [7, 11) is 0. The number of aliphatic hydroxyl groups excluding tert-OH is 2. The van der Waals surface area contributed by atoms with Gasteiger partial charge in [-0.15, -0.1) is 0 Å². The molecule has 0 amide bonds. The van der Waals surface area contributed by atoms with Crippen molar-refractivity contribution in [2.45, 2.75) is 38.8 Å². The van der Waals surface area contributed by atoms with Crippen molar-refractivity contribution in [3.8, 4) is 5.75 Å². The highest BCUT2D eigenvalue weighted by molar-refractivity contribution is 5.27. The Morgan fingerprint density at radius 2 is 2.16 bits per heavy atom. The summed E-state index contributed by atoms with van der Waals surface area (Å²) in [6, 6.07) is 8.02. The average Bonchev–Trinajstić information content (AvgIpc) is 2.41. The quantitative estimate of drug-likeness (QED) is 0.634. The Kier molecular flexibility index (Phi) is 7.48. The van der Waals surface area contributed by atoms with E-state index in [0.717, 1.165) is 17.7 Å². The van der Waals surface area contributed by atoms with Crippen LogP contribution in [0.5, 0.6) is 5.75 Å². The lowest BCUT2D eigenvalue weighted by atomic mass is 10.1. The maximum atomic E-state index is 9.84. The predicted octanol–water partition coefficient (Wildman–Crippen LogP) is 1.49.